The van der Waals surface area contributed by atoms with Crippen LogP contribution < -0.4 is 4.74 Å². The van der Waals surface area contributed by atoms with Gasteiger partial charge in [-0.05, 0) is 31.2 Å². The molecule has 0 radical (unpaired) electrons. The van der Waals surface area contributed by atoms with E-state index < -0.39 is 5.97 Å². The molecule has 5 nitrogen and oxygen atoms in total. The van der Waals surface area contributed by atoms with E-state index in [-0.39, 0.29) is 13.2 Å². The maximum Gasteiger partial charge on any atom is 0.344 e. The van der Waals surface area contributed by atoms with Crippen LogP contribution in [0.3, 0.4) is 0 Å². The fourth-order valence-electron chi connectivity index (χ4n) is 2.16. The van der Waals surface area contributed by atoms with Gasteiger partial charge in [-0.3, -0.25) is 0 Å². The zero-order valence-electron chi connectivity index (χ0n) is 13.6. The summed E-state index contributed by atoms with van der Waals surface area (Å²) in [6.45, 7) is 1.57. The molecule has 0 saturated heterocycles. The molecule has 128 valence electrons. The van der Waals surface area contributed by atoms with Gasteiger partial charge < -0.3 is 13.9 Å². The lowest BCUT2D eigenvalue weighted by Gasteiger charge is -2.07. The highest BCUT2D eigenvalue weighted by atomic mass is 35.5. The van der Waals surface area contributed by atoms with Gasteiger partial charge in [-0.2, -0.15) is 0 Å². The predicted octanol–water partition coefficient (Wildman–Crippen LogP) is 4.43. The molecule has 6 heteroatoms. The van der Waals surface area contributed by atoms with Crippen LogP contribution in [0.4, 0.5) is 0 Å². The molecule has 0 unspecified atom stereocenters. The minimum Gasteiger partial charge on any atom is -0.480 e. The van der Waals surface area contributed by atoms with Crippen LogP contribution in [-0.4, -0.2) is 17.6 Å². The normalized spacial score (nSPS) is 10.5. The van der Waals surface area contributed by atoms with Crippen LogP contribution in [0.25, 0.3) is 11.5 Å². The van der Waals surface area contributed by atoms with Crippen LogP contribution in [0.1, 0.15) is 11.5 Å². The second kappa shape index (κ2) is 7.85. The van der Waals surface area contributed by atoms with Gasteiger partial charge in [0.1, 0.15) is 23.8 Å². The SMILES string of the molecule is Cc1oc(-c2ccccc2)nc1COC(=O)COc1ccccc1Cl. The highest BCUT2D eigenvalue weighted by Crippen LogP contribution is 2.23. The topological polar surface area (TPSA) is 61.6 Å². The van der Waals surface area contributed by atoms with Crippen LogP contribution >= 0.6 is 11.6 Å². The smallest absolute Gasteiger partial charge is 0.344 e. The Kier molecular flexibility index (Phi) is 5.36. The fourth-order valence-corrected chi connectivity index (χ4v) is 2.35. The van der Waals surface area contributed by atoms with Crippen LogP contribution in [0.2, 0.25) is 5.02 Å². The van der Waals surface area contributed by atoms with Crippen molar-refractivity contribution in [3.8, 4) is 17.2 Å². The average molecular weight is 358 g/mol. The first-order chi connectivity index (χ1) is 12.1. The van der Waals surface area contributed by atoms with Gasteiger partial charge in [-0.25, -0.2) is 9.78 Å². The van der Waals surface area contributed by atoms with Crippen molar-refractivity contribution in [3.63, 3.8) is 0 Å². The number of carbonyl (C=O) groups is 1. The van der Waals surface area contributed by atoms with Crippen LogP contribution in [0, 0.1) is 6.92 Å². The third-order valence-corrected chi connectivity index (χ3v) is 3.78. The van der Waals surface area contributed by atoms with Crippen molar-refractivity contribution in [1.29, 1.82) is 0 Å². The Morgan fingerprint density at radius 2 is 1.84 bits per heavy atom. The molecule has 0 amide bonds. The Balaban J connectivity index is 1.56. The Morgan fingerprint density at radius 3 is 2.60 bits per heavy atom. The van der Waals surface area contributed by atoms with Crippen molar-refractivity contribution in [3.05, 3.63) is 71.1 Å². The minimum atomic E-state index is -0.511. The molecule has 0 bridgehead atoms. The molecule has 0 spiro atoms. The number of hydrogen-bond donors (Lipinski definition) is 0. The van der Waals surface area contributed by atoms with Crippen molar-refractivity contribution in [2.45, 2.75) is 13.5 Å². The van der Waals surface area contributed by atoms with E-state index in [9.17, 15) is 4.79 Å². The Hall–Kier alpha value is -2.79. The van der Waals surface area contributed by atoms with Crippen molar-refractivity contribution < 1.29 is 18.7 Å². The highest BCUT2D eigenvalue weighted by Gasteiger charge is 2.14. The van der Waals surface area contributed by atoms with Gasteiger partial charge in [-0.1, -0.05) is 41.9 Å². The number of ether oxygens (including phenoxy) is 2. The van der Waals surface area contributed by atoms with Gasteiger partial charge in [0.2, 0.25) is 5.89 Å². The van der Waals surface area contributed by atoms with Crippen LogP contribution in [0.5, 0.6) is 5.75 Å². The summed E-state index contributed by atoms with van der Waals surface area (Å²) in [7, 11) is 0. The Morgan fingerprint density at radius 1 is 1.12 bits per heavy atom. The number of hydrogen-bond acceptors (Lipinski definition) is 5. The third-order valence-electron chi connectivity index (χ3n) is 3.47. The molecule has 0 aliphatic rings. The van der Waals surface area contributed by atoms with Crippen molar-refractivity contribution >= 4 is 17.6 Å². The summed E-state index contributed by atoms with van der Waals surface area (Å²) in [5, 5.41) is 0.440. The van der Waals surface area contributed by atoms with Gasteiger partial charge in [0.05, 0.1) is 5.02 Å². The van der Waals surface area contributed by atoms with Gasteiger partial charge in [0.15, 0.2) is 6.61 Å². The molecule has 0 aliphatic heterocycles. The maximum absolute atomic E-state index is 11.8. The molecule has 25 heavy (non-hydrogen) atoms. The van der Waals surface area contributed by atoms with Crippen LogP contribution in [-0.2, 0) is 16.1 Å². The fraction of sp³-hybridized carbons (Fsp3) is 0.158. The van der Waals surface area contributed by atoms with E-state index in [0.29, 0.717) is 28.1 Å². The first-order valence-corrected chi connectivity index (χ1v) is 8.06. The number of benzene rings is 2. The second-order valence-corrected chi connectivity index (χ2v) is 5.67. The molecule has 0 aliphatic carbocycles. The Labute approximate surface area is 150 Å². The summed E-state index contributed by atoms with van der Waals surface area (Å²) in [5.74, 6) is 1.03. The monoisotopic (exact) mass is 357 g/mol. The Bertz CT molecular complexity index is 861. The molecular formula is C19H16ClNO4. The van der Waals surface area contributed by atoms with Crippen molar-refractivity contribution in [2.75, 3.05) is 6.61 Å². The lowest BCUT2D eigenvalue weighted by molar-refractivity contribution is -0.147. The molecular weight excluding hydrogens is 342 g/mol. The van der Waals surface area contributed by atoms with E-state index in [4.69, 9.17) is 25.5 Å². The number of esters is 1. The first-order valence-electron chi connectivity index (χ1n) is 7.68. The van der Waals surface area contributed by atoms with E-state index in [1.165, 1.54) is 0 Å². The van der Waals surface area contributed by atoms with E-state index >= 15 is 0 Å². The number of aromatic nitrogens is 1. The number of nitrogens with zero attached hydrogens (tertiary/aromatic N) is 1. The quantitative estimate of drug-likeness (QED) is 0.611. The summed E-state index contributed by atoms with van der Waals surface area (Å²) in [6.07, 6.45) is 0. The number of rotatable bonds is 6. The summed E-state index contributed by atoms with van der Waals surface area (Å²) >= 11 is 5.96. The second-order valence-electron chi connectivity index (χ2n) is 5.27. The van der Waals surface area contributed by atoms with E-state index in [1.807, 2.05) is 30.3 Å². The van der Waals surface area contributed by atoms with E-state index in [1.54, 1.807) is 31.2 Å². The number of oxazole rings is 1. The molecule has 3 aromatic rings. The third kappa shape index (κ3) is 4.39. The molecule has 2 aromatic carbocycles. The van der Waals surface area contributed by atoms with Gasteiger partial charge in [-0.15, -0.1) is 0 Å². The summed E-state index contributed by atoms with van der Waals surface area (Å²) in [6, 6.07) is 16.5. The number of para-hydroxylation sites is 1. The lowest BCUT2D eigenvalue weighted by atomic mass is 10.2. The molecule has 0 atom stereocenters. The summed E-state index contributed by atoms with van der Waals surface area (Å²) in [4.78, 5) is 16.2. The van der Waals surface area contributed by atoms with Crippen molar-refractivity contribution in [2.24, 2.45) is 0 Å². The van der Waals surface area contributed by atoms with E-state index in [0.717, 1.165) is 5.56 Å². The summed E-state index contributed by atoms with van der Waals surface area (Å²) in [5.41, 5.74) is 1.44. The molecule has 1 heterocycles. The first kappa shape index (κ1) is 17.0. The molecule has 3 rings (SSSR count). The standard InChI is InChI=1S/C19H16ClNO4/c1-13-16(21-19(25-13)14-7-3-2-4-8-14)11-24-18(22)12-23-17-10-6-5-9-15(17)20/h2-10H,11-12H2,1H3. The number of halogens is 1. The maximum atomic E-state index is 11.8. The average Bonchev–Trinajstić information content (AvgIpc) is 3.01. The van der Waals surface area contributed by atoms with Crippen molar-refractivity contribution in [1.82, 2.24) is 4.98 Å². The lowest BCUT2D eigenvalue weighted by Crippen LogP contribution is -2.15. The minimum absolute atomic E-state index is 0.0207. The van der Waals surface area contributed by atoms with Gasteiger partial charge in [0.25, 0.3) is 0 Å². The van der Waals surface area contributed by atoms with Gasteiger partial charge >= 0.3 is 5.97 Å². The largest absolute Gasteiger partial charge is 0.480 e. The molecule has 0 saturated carbocycles. The molecule has 1 aromatic heterocycles. The zero-order chi connectivity index (χ0) is 17.6. The summed E-state index contributed by atoms with van der Waals surface area (Å²) < 4.78 is 16.2. The number of aryl methyl sites for hydroxylation is 1. The number of carbonyl (C=O) groups excluding carboxylic acids is 1. The predicted molar refractivity (Wildman–Crippen MR) is 93.4 cm³/mol. The van der Waals surface area contributed by atoms with Crippen LogP contribution in [0.15, 0.2) is 59.0 Å². The highest BCUT2D eigenvalue weighted by molar-refractivity contribution is 6.32. The van der Waals surface area contributed by atoms with E-state index in [2.05, 4.69) is 4.98 Å². The molecule has 0 N–H and O–H groups in total. The van der Waals surface area contributed by atoms with Gasteiger partial charge in [0, 0.05) is 5.56 Å². The zero-order valence-corrected chi connectivity index (χ0v) is 14.3. The molecule has 0 fully saturated rings.